The summed E-state index contributed by atoms with van der Waals surface area (Å²) in [5.41, 5.74) is 6.84. The van der Waals surface area contributed by atoms with E-state index in [0.29, 0.717) is 5.76 Å². The van der Waals surface area contributed by atoms with Gasteiger partial charge in [0.25, 0.3) is 0 Å². The van der Waals surface area contributed by atoms with Crippen LogP contribution in [0.15, 0.2) is 84.4 Å². The largest absolute Gasteiger partial charge is 0.507 e. The summed E-state index contributed by atoms with van der Waals surface area (Å²) in [6.45, 7) is 0. The third-order valence-corrected chi connectivity index (χ3v) is 4.73. The molecule has 1 aliphatic carbocycles. The molecule has 0 atom stereocenters. The second kappa shape index (κ2) is 6.37. The number of aliphatic hydroxyl groups is 1. The Bertz CT molecular complexity index is 885. The van der Waals surface area contributed by atoms with E-state index in [-0.39, 0.29) is 0 Å². The van der Waals surface area contributed by atoms with Gasteiger partial charge in [-0.1, -0.05) is 66.7 Å². The Balaban J connectivity index is 1.72. The highest BCUT2D eigenvalue weighted by molar-refractivity contribution is 5.75. The Labute approximate surface area is 142 Å². The molecule has 1 aliphatic rings. The maximum absolute atomic E-state index is 10.4. The van der Waals surface area contributed by atoms with Gasteiger partial charge in [0.1, 0.15) is 5.76 Å². The quantitative estimate of drug-likeness (QED) is 0.549. The van der Waals surface area contributed by atoms with E-state index in [9.17, 15) is 5.11 Å². The zero-order valence-corrected chi connectivity index (χ0v) is 13.6. The number of hydrogen-bond donors (Lipinski definition) is 1. The highest BCUT2D eigenvalue weighted by Crippen LogP contribution is 2.33. The van der Waals surface area contributed by atoms with Crippen molar-refractivity contribution in [3.8, 4) is 22.3 Å². The zero-order chi connectivity index (χ0) is 16.4. The first-order valence-electron chi connectivity index (χ1n) is 8.48. The molecule has 1 fully saturated rings. The topological polar surface area (TPSA) is 20.2 Å². The van der Waals surface area contributed by atoms with E-state index in [1.54, 1.807) is 0 Å². The average Bonchev–Trinajstić information content (AvgIpc) is 2.61. The lowest BCUT2D eigenvalue weighted by Crippen LogP contribution is -2.01. The molecule has 0 aromatic heterocycles. The van der Waals surface area contributed by atoms with Gasteiger partial charge in [-0.3, -0.25) is 0 Å². The predicted octanol–water partition coefficient (Wildman–Crippen LogP) is 6.47. The minimum atomic E-state index is 0.474. The van der Waals surface area contributed by atoms with Crippen LogP contribution in [0.5, 0.6) is 0 Å². The summed E-state index contributed by atoms with van der Waals surface area (Å²) in [5, 5.41) is 10.4. The molecule has 4 rings (SSSR count). The van der Waals surface area contributed by atoms with Gasteiger partial charge < -0.3 is 5.11 Å². The van der Waals surface area contributed by atoms with Gasteiger partial charge in [0.15, 0.2) is 0 Å². The fraction of sp³-hybridized carbons (Fsp3) is 0.130. The lowest BCUT2D eigenvalue weighted by atomic mass is 9.89. The molecule has 0 aliphatic heterocycles. The SMILES string of the molecule is OC(=C1CCC1)c1cccc(-c2cccc(-c3ccccc3)c2)c1. The molecule has 1 saturated carbocycles. The molecule has 0 amide bonds. The summed E-state index contributed by atoms with van der Waals surface area (Å²) in [4.78, 5) is 0. The van der Waals surface area contributed by atoms with Crippen LogP contribution in [-0.2, 0) is 0 Å². The van der Waals surface area contributed by atoms with Crippen LogP contribution in [0.25, 0.3) is 28.0 Å². The summed E-state index contributed by atoms with van der Waals surface area (Å²) in [7, 11) is 0. The van der Waals surface area contributed by atoms with Gasteiger partial charge in [0.2, 0.25) is 0 Å². The monoisotopic (exact) mass is 312 g/mol. The first-order valence-corrected chi connectivity index (χ1v) is 8.48. The van der Waals surface area contributed by atoms with Crippen molar-refractivity contribution in [3.05, 3.63) is 90.0 Å². The second-order valence-electron chi connectivity index (χ2n) is 6.33. The first kappa shape index (κ1) is 14.8. The first-order chi connectivity index (χ1) is 11.8. The molecule has 1 N–H and O–H groups in total. The van der Waals surface area contributed by atoms with Crippen molar-refractivity contribution in [1.29, 1.82) is 0 Å². The van der Waals surface area contributed by atoms with Gasteiger partial charge in [-0.25, -0.2) is 0 Å². The fourth-order valence-electron chi connectivity index (χ4n) is 3.15. The van der Waals surface area contributed by atoms with E-state index in [2.05, 4.69) is 60.7 Å². The number of aliphatic hydroxyl groups excluding tert-OH is 1. The molecule has 118 valence electrons. The van der Waals surface area contributed by atoms with Crippen molar-refractivity contribution in [3.63, 3.8) is 0 Å². The standard InChI is InChI=1S/C23H20O/c24-23(18-9-4-10-18)22-14-6-13-21(16-22)20-12-5-11-19(15-20)17-7-2-1-3-8-17/h1-3,5-8,11-16,24H,4,9-10H2. The van der Waals surface area contributed by atoms with E-state index in [0.717, 1.165) is 24.0 Å². The van der Waals surface area contributed by atoms with E-state index in [1.807, 2.05) is 18.2 Å². The smallest absolute Gasteiger partial charge is 0.122 e. The van der Waals surface area contributed by atoms with E-state index in [4.69, 9.17) is 0 Å². The summed E-state index contributed by atoms with van der Waals surface area (Å²) in [5.74, 6) is 0.474. The van der Waals surface area contributed by atoms with Crippen LogP contribution >= 0.6 is 0 Å². The van der Waals surface area contributed by atoms with Crippen molar-refractivity contribution in [2.75, 3.05) is 0 Å². The molecule has 3 aromatic carbocycles. The third kappa shape index (κ3) is 2.85. The molecule has 0 unspecified atom stereocenters. The molecule has 0 saturated heterocycles. The van der Waals surface area contributed by atoms with E-state index in [1.165, 1.54) is 28.7 Å². The molecule has 0 heterocycles. The van der Waals surface area contributed by atoms with Crippen LogP contribution in [0, 0.1) is 0 Å². The average molecular weight is 312 g/mol. The van der Waals surface area contributed by atoms with Gasteiger partial charge in [-0.2, -0.15) is 0 Å². The lowest BCUT2D eigenvalue weighted by Gasteiger charge is -2.19. The highest BCUT2D eigenvalue weighted by Gasteiger charge is 2.15. The van der Waals surface area contributed by atoms with Gasteiger partial charge in [-0.05, 0) is 59.2 Å². The Morgan fingerprint density at radius 1 is 0.625 bits per heavy atom. The zero-order valence-electron chi connectivity index (χ0n) is 13.6. The number of benzene rings is 3. The van der Waals surface area contributed by atoms with Crippen molar-refractivity contribution >= 4 is 5.76 Å². The van der Waals surface area contributed by atoms with Crippen LogP contribution in [0.4, 0.5) is 0 Å². The van der Waals surface area contributed by atoms with Gasteiger partial charge >= 0.3 is 0 Å². The summed E-state index contributed by atoms with van der Waals surface area (Å²) < 4.78 is 0. The predicted molar refractivity (Wildman–Crippen MR) is 101 cm³/mol. The Morgan fingerprint density at radius 2 is 1.21 bits per heavy atom. The molecule has 1 nitrogen and oxygen atoms in total. The molecule has 24 heavy (non-hydrogen) atoms. The number of rotatable bonds is 3. The minimum absolute atomic E-state index is 0.474. The Morgan fingerprint density at radius 3 is 1.88 bits per heavy atom. The van der Waals surface area contributed by atoms with Gasteiger partial charge in [0.05, 0.1) is 0 Å². The molecule has 1 heteroatoms. The normalized spacial score (nSPS) is 13.4. The summed E-state index contributed by atoms with van der Waals surface area (Å²) in [6.07, 6.45) is 3.25. The van der Waals surface area contributed by atoms with Gasteiger partial charge in [0, 0.05) is 5.56 Å². The van der Waals surface area contributed by atoms with Crippen LogP contribution in [0.3, 0.4) is 0 Å². The van der Waals surface area contributed by atoms with E-state index >= 15 is 0 Å². The van der Waals surface area contributed by atoms with Crippen molar-refractivity contribution in [2.24, 2.45) is 0 Å². The van der Waals surface area contributed by atoms with Gasteiger partial charge in [-0.15, -0.1) is 0 Å². The third-order valence-electron chi connectivity index (χ3n) is 4.73. The molecule has 0 spiro atoms. The fourth-order valence-corrected chi connectivity index (χ4v) is 3.15. The molecule has 3 aromatic rings. The lowest BCUT2D eigenvalue weighted by molar-refractivity contribution is 0.486. The highest BCUT2D eigenvalue weighted by atomic mass is 16.3. The van der Waals surface area contributed by atoms with Crippen molar-refractivity contribution in [2.45, 2.75) is 19.3 Å². The van der Waals surface area contributed by atoms with Crippen LogP contribution in [0.2, 0.25) is 0 Å². The van der Waals surface area contributed by atoms with Crippen molar-refractivity contribution < 1.29 is 5.11 Å². The second-order valence-corrected chi connectivity index (χ2v) is 6.33. The summed E-state index contributed by atoms with van der Waals surface area (Å²) >= 11 is 0. The molecular formula is C23H20O. The van der Waals surface area contributed by atoms with E-state index < -0.39 is 0 Å². The maximum atomic E-state index is 10.4. The minimum Gasteiger partial charge on any atom is -0.507 e. The maximum Gasteiger partial charge on any atom is 0.122 e. The van der Waals surface area contributed by atoms with Crippen LogP contribution < -0.4 is 0 Å². The Kier molecular flexibility index (Phi) is 3.92. The molecule has 0 bridgehead atoms. The number of hydrogen-bond acceptors (Lipinski definition) is 1. The summed E-state index contributed by atoms with van der Waals surface area (Å²) in [6, 6.07) is 27.2. The molecular weight excluding hydrogens is 292 g/mol. The van der Waals surface area contributed by atoms with Crippen molar-refractivity contribution in [1.82, 2.24) is 0 Å². The molecule has 0 radical (unpaired) electrons. The number of allylic oxidation sites excluding steroid dienone is 1. The van der Waals surface area contributed by atoms with Crippen LogP contribution in [0.1, 0.15) is 24.8 Å². The van der Waals surface area contributed by atoms with Crippen LogP contribution in [-0.4, -0.2) is 5.11 Å². The Hall–Kier alpha value is -2.80.